The lowest BCUT2D eigenvalue weighted by atomic mass is 10.2. The van der Waals surface area contributed by atoms with Gasteiger partial charge in [0.15, 0.2) is 6.33 Å². The van der Waals surface area contributed by atoms with Crippen LogP contribution in [0.15, 0.2) is 33.5 Å². The summed E-state index contributed by atoms with van der Waals surface area (Å²) in [6, 6.07) is 5.42. The van der Waals surface area contributed by atoms with Gasteiger partial charge in [0.25, 0.3) is 0 Å². The first kappa shape index (κ1) is 12.1. The van der Waals surface area contributed by atoms with Crippen LogP contribution in [0.5, 0.6) is 5.75 Å². The maximum Gasteiger partial charge on any atom is 0.227 e. The van der Waals surface area contributed by atoms with E-state index in [2.05, 4.69) is 31.4 Å². The first-order chi connectivity index (χ1) is 8.25. The van der Waals surface area contributed by atoms with E-state index in [1.165, 1.54) is 6.33 Å². The molecule has 0 atom stereocenters. The molecule has 1 heterocycles. The Bertz CT molecular complexity index is 474. The van der Waals surface area contributed by atoms with Crippen molar-refractivity contribution in [2.45, 2.75) is 13.0 Å². The van der Waals surface area contributed by atoms with Gasteiger partial charge in [-0.05, 0) is 33.6 Å². The van der Waals surface area contributed by atoms with Gasteiger partial charge < -0.3 is 14.9 Å². The number of nitrogens with zero attached hydrogens (tertiary/aromatic N) is 2. The van der Waals surface area contributed by atoms with Crippen LogP contribution in [0.4, 0.5) is 0 Å². The van der Waals surface area contributed by atoms with E-state index >= 15 is 0 Å². The smallest absolute Gasteiger partial charge is 0.227 e. The van der Waals surface area contributed by atoms with Gasteiger partial charge in [-0.2, -0.15) is 4.98 Å². The van der Waals surface area contributed by atoms with Gasteiger partial charge in [0.2, 0.25) is 5.89 Å². The Balaban J connectivity index is 1.76. The van der Waals surface area contributed by atoms with Crippen LogP contribution in [-0.2, 0) is 13.0 Å². The average molecular weight is 298 g/mol. The summed E-state index contributed by atoms with van der Waals surface area (Å²) in [4.78, 5) is 3.93. The highest BCUT2D eigenvalue weighted by atomic mass is 79.9. The van der Waals surface area contributed by atoms with Crippen LogP contribution in [0.2, 0.25) is 0 Å². The fraction of sp³-hybridized carbons (Fsp3) is 0.273. The summed E-state index contributed by atoms with van der Waals surface area (Å²) in [5.41, 5.74) is 1.10. The Morgan fingerprint density at radius 2 is 2.29 bits per heavy atom. The van der Waals surface area contributed by atoms with Gasteiger partial charge in [0.05, 0.1) is 4.47 Å². The minimum atomic E-state index is 0.250. The van der Waals surface area contributed by atoms with Crippen LogP contribution in [-0.4, -0.2) is 21.8 Å². The average Bonchev–Trinajstić information content (AvgIpc) is 2.82. The fourth-order valence-corrected chi connectivity index (χ4v) is 1.82. The summed E-state index contributed by atoms with van der Waals surface area (Å²) in [6.45, 7) is 1.49. The van der Waals surface area contributed by atoms with Crippen LogP contribution < -0.4 is 5.32 Å². The molecule has 6 heteroatoms. The van der Waals surface area contributed by atoms with Crippen molar-refractivity contribution in [1.29, 1.82) is 0 Å². The van der Waals surface area contributed by atoms with E-state index in [-0.39, 0.29) is 5.75 Å². The zero-order chi connectivity index (χ0) is 12.1. The molecule has 0 fully saturated rings. The predicted octanol–water partition coefficient (Wildman–Crippen LogP) is 1.87. The summed E-state index contributed by atoms with van der Waals surface area (Å²) < 4.78 is 5.58. The number of phenols is 1. The lowest BCUT2D eigenvalue weighted by molar-refractivity contribution is 0.375. The molecule has 0 saturated carbocycles. The molecule has 1 aromatic heterocycles. The minimum Gasteiger partial charge on any atom is -0.507 e. The molecule has 0 aliphatic heterocycles. The van der Waals surface area contributed by atoms with Gasteiger partial charge >= 0.3 is 0 Å². The highest BCUT2D eigenvalue weighted by Gasteiger charge is 2.01. The van der Waals surface area contributed by atoms with Crippen molar-refractivity contribution in [2.24, 2.45) is 0 Å². The van der Waals surface area contributed by atoms with Gasteiger partial charge in [0, 0.05) is 19.5 Å². The van der Waals surface area contributed by atoms with E-state index in [1.54, 1.807) is 6.07 Å². The molecule has 0 amide bonds. The Morgan fingerprint density at radius 3 is 3.00 bits per heavy atom. The third-order valence-corrected chi connectivity index (χ3v) is 2.90. The number of aromatic nitrogens is 2. The van der Waals surface area contributed by atoms with Gasteiger partial charge in [-0.25, -0.2) is 0 Å². The molecule has 2 aromatic rings. The van der Waals surface area contributed by atoms with Gasteiger partial charge in [-0.3, -0.25) is 0 Å². The highest BCUT2D eigenvalue weighted by molar-refractivity contribution is 9.10. The molecule has 0 aliphatic carbocycles. The molecular formula is C11H12BrN3O2. The van der Waals surface area contributed by atoms with Crippen molar-refractivity contribution in [3.05, 3.63) is 40.5 Å². The van der Waals surface area contributed by atoms with Crippen molar-refractivity contribution in [2.75, 3.05) is 6.54 Å². The highest BCUT2D eigenvalue weighted by Crippen LogP contribution is 2.24. The van der Waals surface area contributed by atoms with E-state index in [4.69, 9.17) is 4.52 Å². The number of benzene rings is 1. The van der Waals surface area contributed by atoms with Gasteiger partial charge in [-0.15, -0.1) is 0 Å². The molecule has 0 radical (unpaired) electrons. The van der Waals surface area contributed by atoms with Crippen LogP contribution in [0.3, 0.4) is 0 Å². The van der Waals surface area contributed by atoms with Gasteiger partial charge in [-0.1, -0.05) is 11.2 Å². The molecule has 17 heavy (non-hydrogen) atoms. The van der Waals surface area contributed by atoms with Crippen LogP contribution in [0, 0.1) is 0 Å². The maximum absolute atomic E-state index is 9.35. The summed E-state index contributed by atoms with van der Waals surface area (Å²) >= 11 is 3.28. The largest absolute Gasteiger partial charge is 0.507 e. The summed E-state index contributed by atoms with van der Waals surface area (Å²) in [7, 11) is 0. The van der Waals surface area contributed by atoms with Crippen molar-refractivity contribution in [1.82, 2.24) is 15.5 Å². The topological polar surface area (TPSA) is 71.2 Å². The molecule has 0 aliphatic rings. The lowest BCUT2D eigenvalue weighted by Crippen LogP contribution is -2.16. The number of halogens is 1. The number of nitrogens with one attached hydrogen (secondary N) is 1. The number of phenolic OH excluding ortho intramolecular Hbond substituents is 1. The fourth-order valence-electron chi connectivity index (χ4n) is 1.39. The third kappa shape index (κ3) is 3.54. The molecule has 0 spiro atoms. The van der Waals surface area contributed by atoms with E-state index in [9.17, 15) is 5.11 Å². The molecule has 2 N–H and O–H groups in total. The van der Waals surface area contributed by atoms with Crippen molar-refractivity contribution < 1.29 is 9.63 Å². The van der Waals surface area contributed by atoms with Crippen molar-refractivity contribution >= 4 is 15.9 Å². The molecule has 2 rings (SSSR count). The minimum absolute atomic E-state index is 0.250. The van der Waals surface area contributed by atoms with E-state index < -0.39 is 0 Å². The van der Waals surface area contributed by atoms with E-state index in [0.717, 1.165) is 18.7 Å². The second-order valence-electron chi connectivity index (χ2n) is 3.55. The zero-order valence-electron chi connectivity index (χ0n) is 9.06. The van der Waals surface area contributed by atoms with Crippen molar-refractivity contribution in [3.8, 4) is 5.75 Å². The quantitative estimate of drug-likeness (QED) is 0.825. The SMILES string of the molecule is Oc1ccc(CNCCc2ncno2)cc1Br. The van der Waals surface area contributed by atoms with Crippen LogP contribution >= 0.6 is 15.9 Å². The van der Waals surface area contributed by atoms with Crippen LogP contribution in [0.1, 0.15) is 11.5 Å². The normalized spacial score (nSPS) is 10.6. The maximum atomic E-state index is 9.35. The second kappa shape index (κ2) is 5.79. The first-order valence-electron chi connectivity index (χ1n) is 5.19. The van der Waals surface area contributed by atoms with Gasteiger partial charge in [0.1, 0.15) is 5.75 Å². The number of hydrogen-bond donors (Lipinski definition) is 2. The monoisotopic (exact) mass is 297 g/mol. The van der Waals surface area contributed by atoms with Crippen molar-refractivity contribution in [3.63, 3.8) is 0 Å². The third-order valence-electron chi connectivity index (χ3n) is 2.26. The second-order valence-corrected chi connectivity index (χ2v) is 4.40. The Labute approximate surface area is 107 Å². The molecule has 0 saturated heterocycles. The molecule has 5 nitrogen and oxygen atoms in total. The first-order valence-corrected chi connectivity index (χ1v) is 5.98. The van der Waals surface area contributed by atoms with E-state index in [1.807, 2.05) is 12.1 Å². The van der Waals surface area contributed by atoms with Crippen LogP contribution in [0.25, 0.3) is 0 Å². The summed E-state index contributed by atoms with van der Waals surface area (Å²) in [6.07, 6.45) is 2.10. The Kier molecular flexibility index (Phi) is 4.11. The predicted molar refractivity (Wildman–Crippen MR) is 65.5 cm³/mol. The number of hydrogen-bond acceptors (Lipinski definition) is 5. The molecule has 0 unspecified atom stereocenters. The standard InChI is InChI=1S/C11H12BrN3O2/c12-9-5-8(1-2-10(9)16)6-13-4-3-11-14-7-15-17-11/h1-2,5,7,13,16H,3-4,6H2. The molecule has 90 valence electrons. The number of aromatic hydroxyl groups is 1. The molecule has 1 aromatic carbocycles. The molecule has 0 bridgehead atoms. The Hall–Kier alpha value is -1.40. The van der Waals surface area contributed by atoms with E-state index in [0.29, 0.717) is 16.8 Å². The Morgan fingerprint density at radius 1 is 1.41 bits per heavy atom. The zero-order valence-corrected chi connectivity index (χ0v) is 10.6. The molecular weight excluding hydrogens is 286 g/mol. The summed E-state index contributed by atoms with van der Waals surface area (Å²) in [5, 5.41) is 16.1. The summed E-state index contributed by atoms with van der Waals surface area (Å²) in [5.74, 6) is 0.879. The lowest BCUT2D eigenvalue weighted by Gasteiger charge is -2.04. The number of rotatable bonds is 5.